The lowest BCUT2D eigenvalue weighted by molar-refractivity contribution is 0.0527. The van der Waals surface area contributed by atoms with E-state index in [1.807, 2.05) is 51.2 Å². The van der Waals surface area contributed by atoms with Crippen molar-refractivity contribution in [2.75, 3.05) is 20.1 Å². The third-order valence-corrected chi connectivity index (χ3v) is 2.21. The van der Waals surface area contributed by atoms with Gasteiger partial charge < -0.3 is 15.4 Å². The molecule has 1 aliphatic rings. The first-order valence-electron chi connectivity index (χ1n) is 6.45. The Balaban J connectivity index is 2.07. The fourth-order valence-electron chi connectivity index (χ4n) is 1.45. The van der Waals surface area contributed by atoms with E-state index in [2.05, 4.69) is 16.1 Å². The summed E-state index contributed by atoms with van der Waals surface area (Å²) in [4.78, 5) is 11.4. The van der Waals surface area contributed by atoms with Crippen LogP contribution in [0.3, 0.4) is 0 Å². The number of nitrogens with zero attached hydrogens (tertiary/aromatic N) is 1. The largest absolute Gasteiger partial charge is 0.444 e. The molecule has 1 amide bonds. The van der Waals surface area contributed by atoms with Crippen molar-refractivity contribution in [3.8, 4) is 0 Å². The van der Waals surface area contributed by atoms with Crippen molar-refractivity contribution in [1.82, 2.24) is 21.1 Å². The lowest BCUT2D eigenvalue weighted by Gasteiger charge is -2.23. The number of carbonyl (C=O) groups excluding carboxylic acids is 1. The number of carbonyl (C=O) groups is 1. The molecule has 0 spiro atoms. The van der Waals surface area contributed by atoms with Crippen LogP contribution >= 0.6 is 0 Å². The van der Waals surface area contributed by atoms with E-state index >= 15 is 0 Å². The van der Waals surface area contributed by atoms with Crippen molar-refractivity contribution in [2.45, 2.75) is 32.8 Å². The molecule has 1 heterocycles. The van der Waals surface area contributed by atoms with Crippen LogP contribution in [0.4, 0.5) is 4.79 Å². The molecule has 3 N–H and O–H groups in total. The Bertz CT molecular complexity index is 358. The van der Waals surface area contributed by atoms with Crippen LogP contribution in [0.5, 0.6) is 0 Å². The minimum Gasteiger partial charge on any atom is -0.444 e. The smallest absolute Gasteiger partial charge is 0.407 e. The summed E-state index contributed by atoms with van der Waals surface area (Å²) in [5.41, 5.74) is 2.68. The van der Waals surface area contributed by atoms with Crippen molar-refractivity contribution < 1.29 is 9.53 Å². The Labute approximate surface area is 114 Å². The summed E-state index contributed by atoms with van der Waals surface area (Å²) in [6.45, 7) is 6.90. The summed E-state index contributed by atoms with van der Waals surface area (Å²) in [6, 6.07) is 0. The number of alkyl carbamates (subject to hydrolysis) is 1. The Morgan fingerprint density at radius 2 is 2.16 bits per heavy atom. The zero-order chi connectivity index (χ0) is 14.3. The highest BCUT2D eigenvalue weighted by Gasteiger charge is 2.15. The number of hydrazine groups is 1. The van der Waals surface area contributed by atoms with Gasteiger partial charge in [0.1, 0.15) is 11.4 Å². The highest BCUT2D eigenvalue weighted by atomic mass is 16.6. The standard InChI is InChI=1S/C13H24N4O2/c1-13(2,3)19-12(18)15-9-6-8-14-11-7-5-10-17(4)16-11/h5,7,10,14,16H,6,8-9H2,1-4H3,(H,15,18). The minimum absolute atomic E-state index is 0.370. The first-order chi connectivity index (χ1) is 8.87. The van der Waals surface area contributed by atoms with E-state index in [9.17, 15) is 4.79 Å². The van der Waals surface area contributed by atoms with Crippen LogP contribution in [0, 0.1) is 0 Å². The van der Waals surface area contributed by atoms with E-state index in [0.29, 0.717) is 6.54 Å². The molecule has 0 saturated heterocycles. The predicted octanol–water partition coefficient (Wildman–Crippen LogP) is 1.30. The van der Waals surface area contributed by atoms with Gasteiger partial charge in [-0.2, -0.15) is 0 Å². The molecule has 1 rings (SSSR count). The molecule has 0 atom stereocenters. The maximum Gasteiger partial charge on any atom is 0.407 e. The number of nitrogens with one attached hydrogen (secondary N) is 3. The van der Waals surface area contributed by atoms with Gasteiger partial charge in [-0.3, -0.25) is 10.4 Å². The minimum atomic E-state index is -0.448. The van der Waals surface area contributed by atoms with Crippen molar-refractivity contribution >= 4 is 6.09 Å². The Kier molecular flexibility index (Phi) is 5.54. The molecule has 0 aliphatic carbocycles. The second kappa shape index (κ2) is 6.92. The van der Waals surface area contributed by atoms with Crippen LogP contribution in [-0.2, 0) is 4.74 Å². The summed E-state index contributed by atoms with van der Waals surface area (Å²) < 4.78 is 5.14. The second-order valence-corrected chi connectivity index (χ2v) is 5.35. The summed E-state index contributed by atoms with van der Waals surface area (Å²) in [5, 5.41) is 7.82. The van der Waals surface area contributed by atoms with Gasteiger partial charge in [0.05, 0.1) is 0 Å². The highest BCUT2D eigenvalue weighted by molar-refractivity contribution is 5.67. The maximum atomic E-state index is 11.4. The molecule has 0 aromatic carbocycles. The molecule has 0 radical (unpaired) electrons. The second-order valence-electron chi connectivity index (χ2n) is 5.35. The predicted molar refractivity (Wildman–Crippen MR) is 75.0 cm³/mol. The number of allylic oxidation sites excluding steroid dienone is 2. The van der Waals surface area contributed by atoms with Crippen LogP contribution in [-0.4, -0.2) is 36.8 Å². The van der Waals surface area contributed by atoms with Crippen molar-refractivity contribution in [1.29, 1.82) is 0 Å². The fourth-order valence-corrected chi connectivity index (χ4v) is 1.45. The van der Waals surface area contributed by atoms with Crippen molar-refractivity contribution in [3.05, 3.63) is 24.2 Å². The zero-order valence-electron chi connectivity index (χ0n) is 12.1. The van der Waals surface area contributed by atoms with Crippen molar-refractivity contribution in [2.24, 2.45) is 0 Å². The summed E-state index contributed by atoms with van der Waals surface area (Å²) in [6.07, 6.45) is 6.30. The molecule has 1 aliphatic heterocycles. The van der Waals surface area contributed by atoms with Crippen molar-refractivity contribution in [3.63, 3.8) is 0 Å². The number of amides is 1. The molecular weight excluding hydrogens is 244 g/mol. The van der Waals surface area contributed by atoms with E-state index < -0.39 is 5.60 Å². The van der Waals surface area contributed by atoms with Gasteiger partial charge in [0.15, 0.2) is 0 Å². The molecule has 19 heavy (non-hydrogen) atoms. The topological polar surface area (TPSA) is 65.6 Å². The number of hydrogen-bond donors (Lipinski definition) is 3. The van der Waals surface area contributed by atoms with E-state index in [4.69, 9.17) is 4.74 Å². The zero-order valence-corrected chi connectivity index (χ0v) is 12.1. The van der Waals surface area contributed by atoms with E-state index in [1.54, 1.807) is 0 Å². The van der Waals surface area contributed by atoms with E-state index in [-0.39, 0.29) is 6.09 Å². The Hall–Kier alpha value is -1.85. The normalized spacial score (nSPS) is 14.5. The molecular formula is C13H24N4O2. The fraction of sp³-hybridized carbons (Fsp3) is 0.615. The first kappa shape index (κ1) is 15.2. The van der Waals surface area contributed by atoms with Crippen LogP contribution in [0.2, 0.25) is 0 Å². The third-order valence-electron chi connectivity index (χ3n) is 2.21. The van der Waals surface area contributed by atoms with Gasteiger partial charge in [-0.1, -0.05) is 0 Å². The lowest BCUT2D eigenvalue weighted by atomic mass is 10.2. The average molecular weight is 268 g/mol. The molecule has 6 heteroatoms. The lowest BCUT2D eigenvalue weighted by Crippen LogP contribution is -2.38. The molecule has 108 valence electrons. The first-order valence-corrected chi connectivity index (χ1v) is 6.45. The maximum absolute atomic E-state index is 11.4. The molecule has 0 aromatic heterocycles. The quantitative estimate of drug-likeness (QED) is 0.656. The average Bonchev–Trinajstić information content (AvgIpc) is 2.26. The van der Waals surface area contributed by atoms with Gasteiger partial charge in [0.2, 0.25) is 0 Å². The monoisotopic (exact) mass is 268 g/mol. The third kappa shape index (κ3) is 7.23. The highest BCUT2D eigenvalue weighted by Crippen LogP contribution is 2.06. The van der Waals surface area contributed by atoms with Crippen LogP contribution in [0.1, 0.15) is 27.2 Å². The van der Waals surface area contributed by atoms with Crippen LogP contribution in [0.15, 0.2) is 24.2 Å². The van der Waals surface area contributed by atoms with Crippen LogP contribution in [0.25, 0.3) is 0 Å². The van der Waals surface area contributed by atoms with Gasteiger partial charge in [0, 0.05) is 26.3 Å². The van der Waals surface area contributed by atoms with Gasteiger partial charge in [-0.05, 0) is 39.3 Å². The number of rotatable bonds is 5. The SMILES string of the molecule is CN1C=CC=C(NCCCNC(=O)OC(C)(C)C)N1. The van der Waals surface area contributed by atoms with Gasteiger partial charge in [-0.25, -0.2) is 4.79 Å². The summed E-state index contributed by atoms with van der Waals surface area (Å²) in [7, 11) is 1.93. The molecule has 0 fully saturated rings. The molecule has 0 saturated carbocycles. The van der Waals surface area contributed by atoms with Gasteiger partial charge >= 0.3 is 6.09 Å². The molecule has 6 nitrogen and oxygen atoms in total. The number of hydrogen-bond acceptors (Lipinski definition) is 5. The summed E-state index contributed by atoms with van der Waals surface area (Å²) >= 11 is 0. The molecule has 0 unspecified atom stereocenters. The number of ether oxygens (including phenoxy) is 1. The molecule has 0 aromatic rings. The van der Waals surface area contributed by atoms with Crippen LogP contribution < -0.4 is 16.1 Å². The molecule has 0 bridgehead atoms. The van der Waals surface area contributed by atoms with E-state index in [1.165, 1.54) is 0 Å². The van der Waals surface area contributed by atoms with Gasteiger partial charge in [0.25, 0.3) is 0 Å². The van der Waals surface area contributed by atoms with E-state index in [0.717, 1.165) is 18.8 Å². The van der Waals surface area contributed by atoms with Gasteiger partial charge in [-0.15, -0.1) is 0 Å². The Morgan fingerprint density at radius 1 is 1.42 bits per heavy atom. The Morgan fingerprint density at radius 3 is 2.79 bits per heavy atom. The summed E-state index contributed by atoms with van der Waals surface area (Å²) in [5.74, 6) is 0.947.